The molecule has 4 aliphatic rings. The van der Waals surface area contributed by atoms with Crippen molar-refractivity contribution in [3.05, 3.63) is 35.3 Å². The molecule has 0 saturated carbocycles. The molecule has 4 aliphatic heterocycles. The Morgan fingerprint density at radius 2 is 2.03 bits per heavy atom. The zero-order chi connectivity index (χ0) is 23.9. The lowest BCUT2D eigenvalue weighted by molar-refractivity contribution is -0.166. The number of aryl methyl sites for hydroxylation is 1. The summed E-state index contributed by atoms with van der Waals surface area (Å²) < 4.78 is 33.7. The lowest BCUT2D eigenvalue weighted by atomic mass is 9.81. The zero-order valence-corrected chi connectivity index (χ0v) is 18.8. The number of esters is 3. The highest BCUT2D eigenvalue weighted by atomic mass is 16.7. The first-order valence-corrected chi connectivity index (χ1v) is 10.8. The Morgan fingerprint density at radius 3 is 2.67 bits per heavy atom. The monoisotopic (exact) mass is 462 g/mol. The molecular weight excluding hydrogens is 436 g/mol. The van der Waals surface area contributed by atoms with Crippen LogP contribution in [0.1, 0.15) is 56.0 Å². The van der Waals surface area contributed by atoms with E-state index in [1.165, 1.54) is 14.0 Å². The van der Waals surface area contributed by atoms with Gasteiger partial charge in [-0.25, -0.2) is 9.59 Å². The number of carbonyl (C=O) groups is 3. The maximum absolute atomic E-state index is 12.9. The third kappa shape index (κ3) is 3.23. The highest BCUT2D eigenvalue weighted by Gasteiger charge is 2.79. The molecule has 0 aromatic carbocycles. The third-order valence-corrected chi connectivity index (χ3v) is 7.13. The van der Waals surface area contributed by atoms with Crippen molar-refractivity contribution >= 4 is 17.9 Å². The van der Waals surface area contributed by atoms with Gasteiger partial charge in [0.1, 0.15) is 47.6 Å². The van der Waals surface area contributed by atoms with E-state index in [-0.39, 0.29) is 17.8 Å². The second kappa shape index (κ2) is 7.15. The number of aliphatic hydroxyl groups excluding tert-OH is 1. The summed E-state index contributed by atoms with van der Waals surface area (Å²) in [7, 11) is 1.20. The van der Waals surface area contributed by atoms with Crippen molar-refractivity contribution in [2.45, 2.75) is 75.3 Å². The molecule has 3 saturated heterocycles. The van der Waals surface area contributed by atoms with Crippen molar-refractivity contribution in [2.24, 2.45) is 5.92 Å². The van der Waals surface area contributed by atoms with Gasteiger partial charge in [0.15, 0.2) is 0 Å². The van der Waals surface area contributed by atoms with E-state index in [4.69, 9.17) is 28.1 Å². The smallest absolute Gasteiger partial charge is 0.345 e. The van der Waals surface area contributed by atoms with Gasteiger partial charge in [-0.1, -0.05) is 6.58 Å². The number of ether oxygens (including phenoxy) is 5. The average Bonchev–Trinajstić information content (AvgIpc) is 3.59. The fourth-order valence-electron chi connectivity index (χ4n) is 5.28. The maximum atomic E-state index is 12.9. The van der Waals surface area contributed by atoms with Crippen LogP contribution >= 0.6 is 0 Å². The van der Waals surface area contributed by atoms with Crippen LogP contribution in [0.3, 0.4) is 0 Å². The number of carbonyl (C=O) groups excluding carboxylic acids is 3. The number of fused-ring (bicyclic) bond motifs is 4. The van der Waals surface area contributed by atoms with Gasteiger partial charge in [-0.3, -0.25) is 4.79 Å². The standard InChI is InChI=1S/C23H26O10/c1-9-6-13-18-22(4,32-18)8-14-19-23(33-19,21(27)31-14)15(29-11(3)24)7-12(10(2)20(26)28-5)16(25)17(9)30-13/h6,12,14-16,18-19,25H,2,7-8H2,1,3-5H3/t12-,14-,15+,16-,18-,19-,22+,23+/m1/s1. The summed E-state index contributed by atoms with van der Waals surface area (Å²) in [4.78, 5) is 37.3. The molecule has 1 aromatic rings. The van der Waals surface area contributed by atoms with E-state index in [9.17, 15) is 19.5 Å². The van der Waals surface area contributed by atoms with Gasteiger partial charge >= 0.3 is 17.9 Å². The second-order valence-corrected chi connectivity index (χ2v) is 9.39. The topological polar surface area (TPSA) is 137 Å². The van der Waals surface area contributed by atoms with Crippen LogP contribution in [0.15, 0.2) is 22.6 Å². The molecule has 1 aromatic heterocycles. The summed E-state index contributed by atoms with van der Waals surface area (Å²) in [5, 5.41) is 11.3. The van der Waals surface area contributed by atoms with Gasteiger partial charge in [0.25, 0.3) is 0 Å². The summed E-state index contributed by atoms with van der Waals surface area (Å²) in [5.74, 6) is -2.28. The highest BCUT2D eigenvalue weighted by molar-refractivity contribution is 5.89. The molecule has 3 fully saturated rings. The van der Waals surface area contributed by atoms with E-state index in [2.05, 4.69) is 6.58 Å². The fraction of sp³-hybridized carbons (Fsp3) is 0.609. The minimum absolute atomic E-state index is 0.0570. The van der Waals surface area contributed by atoms with E-state index in [0.717, 1.165) is 0 Å². The number of aliphatic hydroxyl groups is 1. The summed E-state index contributed by atoms with van der Waals surface area (Å²) in [6.45, 7) is 8.67. The summed E-state index contributed by atoms with van der Waals surface area (Å²) >= 11 is 0. The van der Waals surface area contributed by atoms with Crippen LogP contribution in [0.25, 0.3) is 0 Å². The Bertz CT molecular complexity index is 1060. The van der Waals surface area contributed by atoms with E-state index in [0.29, 0.717) is 17.7 Å². The third-order valence-electron chi connectivity index (χ3n) is 7.13. The van der Waals surface area contributed by atoms with Crippen LogP contribution in [0, 0.1) is 12.8 Å². The molecule has 8 atom stereocenters. The predicted molar refractivity (Wildman–Crippen MR) is 108 cm³/mol. The van der Waals surface area contributed by atoms with Gasteiger partial charge in [-0.15, -0.1) is 0 Å². The Morgan fingerprint density at radius 1 is 1.30 bits per heavy atom. The normalized spacial score (nSPS) is 40.7. The number of methoxy groups -OCH3 is 1. The lowest BCUT2D eigenvalue weighted by Crippen LogP contribution is -2.43. The lowest BCUT2D eigenvalue weighted by Gasteiger charge is -2.28. The Balaban J connectivity index is 1.61. The van der Waals surface area contributed by atoms with Crippen LogP contribution in [0.4, 0.5) is 0 Å². The van der Waals surface area contributed by atoms with Gasteiger partial charge < -0.3 is 33.2 Å². The first-order valence-electron chi connectivity index (χ1n) is 10.8. The minimum Gasteiger partial charge on any atom is -0.466 e. The molecule has 10 heteroatoms. The van der Waals surface area contributed by atoms with Crippen molar-refractivity contribution in [1.29, 1.82) is 0 Å². The number of hydrogen-bond acceptors (Lipinski definition) is 10. The molecule has 5 rings (SSSR count). The van der Waals surface area contributed by atoms with Gasteiger partial charge in [0.2, 0.25) is 5.60 Å². The average molecular weight is 462 g/mol. The quantitative estimate of drug-likeness (QED) is 0.305. The van der Waals surface area contributed by atoms with Crippen LogP contribution < -0.4 is 0 Å². The highest BCUT2D eigenvalue weighted by Crippen LogP contribution is 2.59. The van der Waals surface area contributed by atoms with Gasteiger partial charge in [-0.05, 0) is 31.9 Å². The largest absolute Gasteiger partial charge is 0.466 e. The van der Waals surface area contributed by atoms with Crippen LogP contribution in [0.5, 0.6) is 0 Å². The van der Waals surface area contributed by atoms with Crippen LogP contribution in [-0.4, -0.2) is 59.6 Å². The van der Waals surface area contributed by atoms with Crippen LogP contribution in [-0.2, 0) is 38.1 Å². The van der Waals surface area contributed by atoms with Crippen molar-refractivity contribution in [1.82, 2.24) is 0 Å². The van der Waals surface area contributed by atoms with Crippen molar-refractivity contribution < 1.29 is 47.6 Å². The van der Waals surface area contributed by atoms with Crippen molar-refractivity contribution in [2.75, 3.05) is 7.11 Å². The Kier molecular flexibility index (Phi) is 4.79. The minimum atomic E-state index is -1.51. The van der Waals surface area contributed by atoms with Gasteiger partial charge in [0, 0.05) is 24.8 Å². The number of epoxide rings is 2. The first-order chi connectivity index (χ1) is 15.5. The number of rotatable bonds is 3. The molecule has 4 bridgehead atoms. The molecular formula is C23H26O10. The Labute approximate surface area is 189 Å². The molecule has 1 N–H and O–H groups in total. The van der Waals surface area contributed by atoms with E-state index in [1.54, 1.807) is 13.0 Å². The predicted octanol–water partition coefficient (Wildman–Crippen LogP) is 1.59. The fourth-order valence-corrected chi connectivity index (χ4v) is 5.28. The SMILES string of the molecule is C=C(C(=O)OC)[C@H]1C[C@H](OC(C)=O)[C@]23O[C@@H]2[C@@H](C[C@]2(C)O[C@@H]2c2cc(C)c(o2)[C@@H]1O)OC3=O. The molecule has 33 heavy (non-hydrogen) atoms. The van der Waals surface area contributed by atoms with E-state index in [1.807, 2.05) is 6.92 Å². The first kappa shape index (κ1) is 22.1. The molecule has 0 aliphatic carbocycles. The number of furan rings is 1. The molecule has 5 heterocycles. The summed E-state index contributed by atoms with van der Waals surface area (Å²) in [6.07, 6.45) is -3.88. The van der Waals surface area contributed by atoms with Gasteiger partial charge in [-0.2, -0.15) is 0 Å². The molecule has 0 spiro atoms. The van der Waals surface area contributed by atoms with Crippen molar-refractivity contribution in [3.8, 4) is 0 Å². The molecule has 0 unspecified atom stereocenters. The van der Waals surface area contributed by atoms with E-state index >= 15 is 0 Å². The van der Waals surface area contributed by atoms with Crippen LogP contribution in [0.2, 0.25) is 0 Å². The molecule has 0 radical (unpaired) electrons. The molecule has 178 valence electrons. The molecule has 10 nitrogen and oxygen atoms in total. The van der Waals surface area contributed by atoms with Crippen molar-refractivity contribution in [3.63, 3.8) is 0 Å². The molecule has 0 amide bonds. The number of hydrogen-bond donors (Lipinski definition) is 1. The Hall–Kier alpha value is -2.69. The zero-order valence-electron chi connectivity index (χ0n) is 18.8. The second-order valence-electron chi connectivity index (χ2n) is 9.39. The summed E-state index contributed by atoms with van der Waals surface area (Å²) in [6, 6.07) is 1.78. The summed E-state index contributed by atoms with van der Waals surface area (Å²) in [5.41, 5.74) is -1.56. The van der Waals surface area contributed by atoms with E-state index < -0.39 is 65.5 Å². The van der Waals surface area contributed by atoms with Gasteiger partial charge in [0.05, 0.1) is 7.11 Å². The maximum Gasteiger partial charge on any atom is 0.345 e.